The first kappa shape index (κ1) is 6.01. The van der Waals surface area contributed by atoms with Crippen molar-refractivity contribution in [3.05, 3.63) is 11.8 Å². The van der Waals surface area contributed by atoms with Gasteiger partial charge in [0.25, 0.3) is 5.91 Å². The largest absolute Gasteiger partial charge is 0.365 e. The number of hydrogen-bond donors (Lipinski definition) is 1. The molecule has 0 unspecified atom stereocenters. The van der Waals surface area contributed by atoms with Gasteiger partial charge in [-0.05, 0) is 6.92 Å². The molecule has 1 aliphatic heterocycles. The number of hydrogen-bond acceptors (Lipinski definition) is 2. The second-order valence-corrected chi connectivity index (χ2v) is 1.97. The van der Waals surface area contributed by atoms with Crippen LogP contribution in [0, 0.1) is 0 Å². The summed E-state index contributed by atoms with van der Waals surface area (Å²) in [5, 5.41) is 0. The minimum absolute atomic E-state index is 0.414. The van der Waals surface area contributed by atoms with E-state index in [0.29, 0.717) is 12.1 Å². The van der Waals surface area contributed by atoms with Crippen LogP contribution < -0.4 is 5.73 Å². The zero-order chi connectivity index (χ0) is 6.85. The molecule has 3 nitrogen and oxygen atoms in total. The van der Waals surface area contributed by atoms with Gasteiger partial charge in [-0.2, -0.15) is 0 Å². The van der Waals surface area contributed by atoms with E-state index in [1.807, 2.05) is 13.0 Å². The summed E-state index contributed by atoms with van der Waals surface area (Å²) in [7, 11) is 0. The van der Waals surface area contributed by atoms with Crippen molar-refractivity contribution in [3.63, 3.8) is 0 Å². The lowest BCUT2D eigenvalue weighted by Crippen LogP contribution is -2.21. The third-order valence-electron chi connectivity index (χ3n) is 1.19. The first-order valence-electron chi connectivity index (χ1n) is 2.74. The van der Waals surface area contributed by atoms with Crippen molar-refractivity contribution in [1.82, 2.24) is 0 Å². The maximum atomic E-state index is 10.4. The topological polar surface area (TPSA) is 55.5 Å². The maximum Gasteiger partial charge on any atom is 0.263 e. The molecule has 2 N–H and O–H groups in total. The Morgan fingerprint density at radius 3 is 2.78 bits per heavy atom. The van der Waals surface area contributed by atoms with Gasteiger partial charge < -0.3 is 5.73 Å². The number of rotatable bonds is 1. The summed E-state index contributed by atoms with van der Waals surface area (Å²) in [6, 6.07) is 0. The van der Waals surface area contributed by atoms with Crippen LogP contribution in [0.1, 0.15) is 13.3 Å². The van der Waals surface area contributed by atoms with Gasteiger partial charge in [-0.3, -0.25) is 9.79 Å². The Labute approximate surface area is 53.3 Å². The van der Waals surface area contributed by atoms with Crippen LogP contribution in [0.15, 0.2) is 16.8 Å². The van der Waals surface area contributed by atoms with Crippen molar-refractivity contribution >= 4 is 11.6 Å². The third-order valence-corrected chi connectivity index (χ3v) is 1.19. The molecule has 0 aromatic carbocycles. The van der Waals surface area contributed by atoms with Gasteiger partial charge in [-0.25, -0.2) is 0 Å². The monoisotopic (exact) mass is 124 g/mol. The van der Waals surface area contributed by atoms with Crippen molar-refractivity contribution < 1.29 is 4.79 Å². The maximum absolute atomic E-state index is 10.4. The van der Waals surface area contributed by atoms with Crippen LogP contribution >= 0.6 is 0 Å². The van der Waals surface area contributed by atoms with Gasteiger partial charge in [-0.1, -0.05) is 6.08 Å². The number of nitrogens with two attached hydrogens (primary N) is 1. The minimum Gasteiger partial charge on any atom is -0.365 e. The lowest BCUT2D eigenvalue weighted by atomic mass is 10.3. The minimum atomic E-state index is -0.414. The van der Waals surface area contributed by atoms with E-state index in [0.717, 1.165) is 5.70 Å². The molecule has 0 saturated carbocycles. The standard InChI is InChI=1S/C6H8N2O/c1-4-2-3-5(8-4)6(7)9/h2H,3H2,1H3,(H2,7,9). The summed E-state index contributed by atoms with van der Waals surface area (Å²) in [5.41, 5.74) is 6.30. The molecule has 0 aromatic heterocycles. The molecule has 0 spiro atoms. The number of aliphatic imine (C=N–C) groups is 1. The molecule has 0 saturated heterocycles. The van der Waals surface area contributed by atoms with E-state index in [2.05, 4.69) is 4.99 Å². The molecule has 0 aliphatic carbocycles. The average molecular weight is 124 g/mol. The molecule has 1 heterocycles. The highest BCUT2D eigenvalue weighted by atomic mass is 16.1. The zero-order valence-corrected chi connectivity index (χ0v) is 5.22. The van der Waals surface area contributed by atoms with Crippen molar-refractivity contribution in [2.24, 2.45) is 10.7 Å². The van der Waals surface area contributed by atoms with E-state index in [4.69, 9.17) is 5.73 Å². The molecule has 1 rings (SSSR count). The van der Waals surface area contributed by atoms with Crippen LogP contribution in [0.5, 0.6) is 0 Å². The second-order valence-electron chi connectivity index (χ2n) is 1.97. The van der Waals surface area contributed by atoms with Crippen LogP contribution in [0.25, 0.3) is 0 Å². The smallest absolute Gasteiger partial charge is 0.263 e. The van der Waals surface area contributed by atoms with E-state index in [1.165, 1.54) is 0 Å². The van der Waals surface area contributed by atoms with Crippen molar-refractivity contribution in [1.29, 1.82) is 0 Å². The van der Waals surface area contributed by atoms with Gasteiger partial charge in [0.2, 0.25) is 0 Å². The number of amides is 1. The predicted octanol–water partition coefficient (Wildman–Crippen LogP) is 0.220. The molecular weight excluding hydrogens is 116 g/mol. The summed E-state index contributed by atoms with van der Waals surface area (Å²) >= 11 is 0. The van der Waals surface area contributed by atoms with E-state index < -0.39 is 5.91 Å². The van der Waals surface area contributed by atoms with Crippen molar-refractivity contribution in [3.8, 4) is 0 Å². The van der Waals surface area contributed by atoms with Crippen LogP contribution in [0.3, 0.4) is 0 Å². The van der Waals surface area contributed by atoms with Crippen molar-refractivity contribution in [2.45, 2.75) is 13.3 Å². The predicted molar refractivity (Wildman–Crippen MR) is 35.0 cm³/mol. The summed E-state index contributed by atoms with van der Waals surface area (Å²) in [4.78, 5) is 14.3. The molecule has 0 bridgehead atoms. The average Bonchev–Trinajstić information content (AvgIpc) is 2.14. The second kappa shape index (κ2) is 2.01. The molecule has 0 aromatic rings. The fourth-order valence-electron chi connectivity index (χ4n) is 0.704. The fourth-order valence-corrected chi connectivity index (χ4v) is 0.704. The van der Waals surface area contributed by atoms with Crippen LogP contribution in [0.4, 0.5) is 0 Å². The number of primary amides is 1. The Morgan fingerprint density at radius 1 is 1.89 bits per heavy atom. The molecule has 48 valence electrons. The number of carbonyl (C=O) groups is 1. The highest BCUT2D eigenvalue weighted by Crippen LogP contribution is 2.07. The van der Waals surface area contributed by atoms with Gasteiger partial charge >= 0.3 is 0 Å². The van der Waals surface area contributed by atoms with Gasteiger partial charge in [-0.15, -0.1) is 0 Å². The molecule has 0 radical (unpaired) electrons. The fraction of sp³-hybridized carbons (Fsp3) is 0.333. The Morgan fingerprint density at radius 2 is 2.56 bits per heavy atom. The van der Waals surface area contributed by atoms with E-state index in [1.54, 1.807) is 0 Å². The van der Waals surface area contributed by atoms with Crippen molar-refractivity contribution in [2.75, 3.05) is 0 Å². The molecule has 1 amide bonds. The Bertz CT molecular complexity index is 203. The van der Waals surface area contributed by atoms with Crippen LogP contribution in [-0.2, 0) is 4.79 Å². The Hall–Kier alpha value is -1.12. The van der Waals surface area contributed by atoms with Crippen LogP contribution in [0.2, 0.25) is 0 Å². The summed E-state index contributed by atoms with van der Waals surface area (Å²) in [6.07, 6.45) is 2.47. The number of nitrogens with zero attached hydrogens (tertiary/aromatic N) is 1. The zero-order valence-electron chi connectivity index (χ0n) is 5.22. The highest BCUT2D eigenvalue weighted by Gasteiger charge is 2.09. The lowest BCUT2D eigenvalue weighted by molar-refractivity contribution is -0.112. The summed E-state index contributed by atoms with van der Waals surface area (Å²) < 4.78 is 0. The van der Waals surface area contributed by atoms with Gasteiger partial charge in [0.15, 0.2) is 0 Å². The van der Waals surface area contributed by atoms with E-state index >= 15 is 0 Å². The molecule has 9 heavy (non-hydrogen) atoms. The van der Waals surface area contributed by atoms with Gasteiger partial charge in [0.05, 0.1) is 0 Å². The van der Waals surface area contributed by atoms with Gasteiger partial charge in [0.1, 0.15) is 5.71 Å². The summed E-state index contributed by atoms with van der Waals surface area (Å²) in [6.45, 7) is 1.84. The normalized spacial score (nSPS) is 17.0. The highest BCUT2D eigenvalue weighted by molar-refractivity contribution is 6.39. The molecular formula is C6H8N2O. The van der Waals surface area contributed by atoms with E-state index in [9.17, 15) is 4.79 Å². The summed E-state index contributed by atoms with van der Waals surface area (Å²) in [5.74, 6) is -0.414. The van der Waals surface area contributed by atoms with Crippen LogP contribution in [-0.4, -0.2) is 11.6 Å². The SMILES string of the molecule is CC1=CCC(C(N)=O)=N1. The van der Waals surface area contributed by atoms with E-state index in [-0.39, 0.29) is 0 Å². The first-order chi connectivity index (χ1) is 4.20. The molecule has 3 heteroatoms. The molecule has 0 atom stereocenters. The molecule has 1 aliphatic rings. The lowest BCUT2D eigenvalue weighted by Gasteiger charge is -1.87. The Balaban J connectivity index is 2.71. The quantitative estimate of drug-likeness (QED) is 0.534. The number of allylic oxidation sites excluding steroid dienone is 2. The third kappa shape index (κ3) is 1.16. The molecule has 0 fully saturated rings. The number of carbonyl (C=O) groups excluding carboxylic acids is 1. The first-order valence-corrected chi connectivity index (χ1v) is 2.74. The Kier molecular flexibility index (Phi) is 1.34. The van der Waals surface area contributed by atoms with Gasteiger partial charge in [0, 0.05) is 12.1 Å².